The maximum Gasteiger partial charge on any atom is 0.338 e. The Morgan fingerprint density at radius 3 is 2.89 bits per heavy atom. The van der Waals surface area contributed by atoms with Gasteiger partial charge in [-0.2, -0.15) is 0 Å². The highest BCUT2D eigenvalue weighted by atomic mass is 32.2. The normalized spacial score (nSPS) is 10.4. The monoisotopic (exact) mass is 294 g/mol. The summed E-state index contributed by atoms with van der Waals surface area (Å²) in [5, 5.41) is 15.4. The highest BCUT2D eigenvalue weighted by Gasteiger charge is 2.14. The van der Waals surface area contributed by atoms with Crippen molar-refractivity contribution in [2.45, 2.75) is 18.4 Å². The van der Waals surface area contributed by atoms with Crippen LogP contribution in [-0.4, -0.2) is 22.3 Å². The molecule has 2 N–H and O–H groups in total. The summed E-state index contributed by atoms with van der Waals surface area (Å²) in [7, 11) is 0. The lowest BCUT2D eigenvalue weighted by molar-refractivity contribution is 0.0694. The molecule has 4 nitrogen and oxygen atoms in total. The molecule has 0 radical (unpaired) electrons. The summed E-state index contributed by atoms with van der Waals surface area (Å²) in [6.45, 7) is 2.48. The predicted octanol–water partition coefficient (Wildman–Crippen LogP) is 3.48. The van der Waals surface area contributed by atoms with Crippen molar-refractivity contribution in [1.82, 2.24) is 4.98 Å². The molecule has 0 unspecified atom stereocenters. The molecule has 0 aliphatic carbocycles. The third-order valence-corrected chi connectivity index (χ3v) is 4.30. The molecule has 0 aliphatic rings. The Balaban J connectivity index is 2.22. The van der Waals surface area contributed by atoms with Crippen LogP contribution in [0.1, 0.15) is 21.1 Å². The van der Waals surface area contributed by atoms with Crippen molar-refractivity contribution in [2.75, 3.05) is 11.6 Å². The molecule has 2 aromatic rings. The SMILES string of the molecule is CSc1cccc(NCc2nc(C)cs2)c1C(=O)O. The van der Waals surface area contributed by atoms with E-state index in [4.69, 9.17) is 0 Å². The molecule has 0 bridgehead atoms. The quantitative estimate of drug-likeness (QED) is 0.827. The van der Waals surface area contributed by atoms with Gasteiger partial charge < -0.3 is 10.4 Å². The van der Waals surface area contributed by atoms with Crippen molar-refractivity contribution in [2.24, 2.45) is 0 Å². The molecular formula is C13H14N2O2S2. The largest absolute Gasteiger partial charge is 0.478 e. The average Bonchev–Trinajstić information content (AvgIpc) is 2.81. The molecular weight excluding hydrogens is 280 g/mol. The lowest BCUT2D eigenvalue weighted by Crippen LogP contribution is -2.07. The highest BCUT2D eigenvalue weighted by molar-refractivity contribution is 7.98. The zero-order chi connectivity index (χ0) is 13.8. The van der Waals surface area contributed by atoms with Crippen LogP contribution in [0, 0.1) is 6.92 Å². The van der Waals surface area contributed by atoms with Crippen molar-refractivity contribution in [3.05, 3.63) is 39.8 Å². The lowest BCUT2D eigenvalue weighted by atomic mass is 10.2. The van der Waals surface area contributed by atoms with Gasteiger partial charge in [0.05, 0.1) is 17.8 Å². The maximum absolute atomic E-state index is 11.4. The van der Waals surface area contributed by atoms with Gasteiger partial charge in [-0.15, -0.1) is 23.1 Å². The molecule has 100 valence electrons. The standard InChI is InChI=1S/C13H14N2O2S2/c1-8-7-19-11(15-8)6-14-9-4-3-5-10(18-2)12(9)13(16)17/h3-5,7,14H,6H2,1-2H3,(H,16,17). The third-order valence-electron chi connectivity index (χ3n) is 2.56. The zero-order valence-corrected chi connectivity index (χ0v) is 12.3. The minimum Gasteiger partial charge on any atom is -0.478 e. The second kappa shape index (κ2) is 6.08. The van der Waals surface area contributed by atoms with Crippen molar-refractivity contribution < 1.29 is 9.90 Å². The number of aryl methyl sites for hydroxylation is 1. The Kier molecular flexibility index (Phi) is 4.44. The van der Waals surface area contributed by atoms with E-state index < -0.39 is 5.97 Å². The second-order valence-corrected chi connectivity index (χ2v) is 5.71. The summed E-state index contributed by atoms with van der Waals surface area (Å²) in [6, 6.07) is 5.45. The summed E-state index contributed by atoms with van der Waals surface area (Å²) < 4.78 is 0. The number of thiazole rings is 1. The predicted molar refractivity (Wildman–Crippen MR) is 79.4 cm³/mol. The van der Waals surface area contributed by atoms with Gasteiger partial charge in [0.15, 0.2) is 0 Å². The molecule has 0 saturated heterocycles. The molecule has 1 aromatic carbocycles. The molecule has 1 aromatic heterocycles. The van der Waals surface area contributed by atoms with E-state index in [1.54, 1.807) is 17.4 Å². The van der Waals surface area contributed by atoms with Crippen LogP contribution in [0.2, 0.25) is 0 Å². The van der Waals surface area contributed by atoms with Gasteiger partial charge in [-0.1, -0.05) is 6.07 Å². The molecule has 0 fully saturated rings. The first-order valence-corrected chi connectivity index (χ1v) is 7.77. The summed E-state index contributed by atoms with van der Waals surface area (Å²) in [5.74, 6) is -0.914. The van der Waals surface area contributed by atoms with Gasteiger partial charge in [0, 0.05) is 16.0 Å². The van der Waals surface area contributed by atoms with Crippen LogP contribution >= 0.6 is 23.1 Å². The van der Waals surface area contributed by atoms with E-state index in [0.29, 0.717) is 17.8 Å². The molecule has 0 spiro atoms. The molecule has 1 heterocycles. The minimum absolute atomic E-state index is 0.322. The van der Waals surface area contributed by atoms with Crippen LogP contribution in [0.4, 0.5) is 5.69 Å². The number of hydrogen-bond acceptors (Lipinski definition) is 5. The van der Waals surface area contributed by atoms with Gasteiger partial charge in [0.1, 0.15) is 5.01 Å². The van der Waals surface area contributed by atoms with E-state index in [0.717, 1.165) is 15.6 Å². The highest BCUT2D eigenvalue weighted by Crippen LogP contribution is 2.27. The Morgan fingerprint density at radius 2 is 2.32 bits per heavy atom. The van der Waals surface area contributed by atoms with Crippen LogP contribution in [-0.2, 0) is 6.54 Å². The Morgan fingerprint density at radius 1 is 1.53 bits per heavy atom. The van der Waals surface area contributed by atoms with E-state index in [1.807, 2.05) is 30.7 Å². The van der Waals surface area contributed by atoms with Crippen LogP contribution in [0.3, 0.4) is 0 Å². The van der Waals surface area contributed by atoms with E-state index in [9.17, 15) is 9.90 Å². The molecule has 0 amide bonds. The van der Waals surface area contributed by atoms with Gasteiger partial charge in [0.2, 0.25) is 0 Å². The second-order valence-electron chi connectivity index (χ2n) is 3.92. The Labute approximate surface area is 119 Å². The van der Waals surface area contributed by atoms with Gasteiger partial charge in [-0.3, -0.25) is 0 Å². The number of carbonyl (C=O) groups is 1. The number of carboxylic acid groups (broad SMARTS) is 1. The maximum atomic E-state index is 11.4. The smallest absolute Gasteiger partial charge is 0.338 e. The van der Waals surface area contributed by atoms with Gasteiger partial charge in [0.25, 0.3) is 0 Å². The number of anilines is 1. The van der Waals surface area contributed by atoms with E-state index in [-0.39, 0.29) is 0 Å². The molecule has 2 rings (SSSR count). The summed E-state index contributed by atoms with van der Waals surface area (Å²) in [5.41, 5.74) is 1.94. The number of hydrogen-bond donors (Lipinski definition) is 2. The number of aromatic nitrogens is 1. The molecule has 19 heavy (non-hydrogen) atoms. The van der Waals surface area contributed by atoms with E-state index in [2.05, 4.69) is 10.3 Å². The van der Waals surface area contributed by atoms with E-state index in [1.165, 1.54) is 11.8 Å². The fourth-order valence-corrected chi connectivity index (χ4v) is 3.05. The topological polar surface area (TPSA) is 62.2 Å². The molecule has 0 atom stereocenters. The van der Waals surface area contributed by atoms with Gasteiger partial charge in [-0.05, 0) is 25.3 Å². The Hall–Kier alpha value is -1.53. The molecule has 6 heteroatoms. The first-order chi connectivity index (χ1) is 9.11. The number of rotatable bonds is 5. The van der Waals surface area contributed by atoms with Crippen molar-refractivity contribution in [3.63, 3.8) is 0 Å². The van der Waals surface area contributed by atoms with Crippen molar-refractivity contribution in [3.8, 4) is 0 Å². The first-order valence-electron chi connectivity index (χ1n) is 5.67. The summed E-state index contributed by atoms with van der Waals surface area (Å²) in [6.07, 6.45) is 1.87. The van der Waals surface area contributed by atoms with Crippen molar-refractivity contribution in [1.29, 1.82) is 0 Å². The number of nitrogens with zero attached hydrogens (tertiary/aromatic N) is 1. The van der Waals surface area contributed by atoms with Gasteiger partial charge in [-0.25, -0.2) is 9.78 Å². The van der Waals surface area contributed by atoms with Crippen LogP contribution in [0.5, 0.6) is 0 Å². The summed E-state index contributed by atoms with van der Waals surface area (Å²) >= 11 is 3.00. The van der Waals surface area contributed by atoms with Crippen molar-refractivity contribution >= 4 is 34.8 Å². The Bertz CT molecular complexity index is 596. The molecule has 0 saturated carbocycles. The minimum atomic E-state index is -0.914. The first kappa shape index (κ1) is 13.9. The van der Waals surface area contributed by atoms with Gasteiger partial charge >= 0.3 is 5.97 Å². The fourth-order valence-electron chi connectivity index (χ4n) is 1.72. The van der Waals surface area contributed by atoms with E-state index >= 15 is 0 Å². The number of thioether (sulfide) groups is 1. The van der Waals surface area contributed by atoms with Crippen LogP contribution < -0.4 is 5.32 Å². The third kappa shape index (κ3) is 3.27. The van der Waals surface area contributed by atoms with Crippen LogP contribution in [0.25, 0.3) is 0 Å². The summed E-state index contributed by atoms with van der Waals surface area (Å²) in [4.78, 5) is 16.5. The number of benzene rings is 1. The number of nitrogens with one attached hydrogen (secondary N) is 1. The number of carboxylic acids is 1. The van der Waals surface area contributed by atoms with Crippen LogP contribution in [0.15, 0.2) is 28.5 Å². The average molecular weight is 294 g/mol. The number of aromatic carboxylic acids is 1. The zero-order valence-electron chi connectivity index (χ0n) is 10.6. The molecule has 0 aliphatic heterocycles. The lowest BCUT2D eigenvalue weighted by Gasteiger charge is -2.11. The fraction of sp³-hybridized carbons (Fsp3) is 0.231.